The van der Waals surface area contributed by atoms with E-state index in [9.17, 15) is 4.21 Å². The zero-order chi connectivity index (χ0) is 5.28. The first-order chi connectivity index (χ1) is 3.29. The summed E-state index contributed by atoms with van der Waals surface area (Å²) in [6.45, 7) is 0.993. The van der Waals surface area contributed by atoms with Gasteiger partial charge in [-0.1, -0.05) is 0 Å². The van der Waals surface area contributed by atoms with Crippen LogP contribution in [-0.4, -0.2) is 25.5 Å². The summed E-state index contributed by atoms with van der Waals surface area (Å²) in [5.74, 6) is 1.63. The molecule has 4 heteroatoms. The molecule has 0 saturated carbocycles. The Kier molecular flexibility index (Phi) is 2.05. The molecule has 1 fully saturated rings. The van der Waals surface area contributed by atoms with Gasteiger partial charge in [0.15, 0.2) is 0 Å². The van der Waals surface area contributed by atoms with Crippen LogP contribution in [0.3, 0.4) is 0 Å². The molecule has 0 amide bonds. The Bertz CT molecular complexity index is 96.9. The van der Waals surface area contributed by atoms with Crippen molar-refractivity contribution < 1.29 is 4.21 Å². The number of halogens is 1. The molecule has 1 saturated heterocycles. The van der Waals surface area contributed by atoms with Crippen LogP contribution < -0.4 is 0 Å². The van der Waals surface area contributed by atoms with Crippen molar-refractivity contribution in [2.75, 3.05) is 18.2 Å². The van der Waals surface area contributed by atoms with Crippen LogP contribution in [0.5, 0.6) is 0 Å². The van der Waals surface area contributed by atoms with E-state index in [2.05, 4.69) is 22.9 Å². The Labute approximate surface area is 59.2 Å². The van der Waals surface area contributed by atoms with E-state index in [0.717, 1.165) is 18.2 Å². The summed E-state index contributed by atoms with van der Waals surface area (Å²) in [6.07, 6.45) is 0. The fourth-order valence-corrected chi connectivity index (χ4v) is 2.98. The van der Waals surface area contributed by atoms with Gasteiger partial charge in [-0.15, -0.1) is 0 Å². The van der Waals surface area contributed by atoms with E-state index >= 15 is 0 Å². The summed E-state index contributed by atoms with van der Waals surface area (Å²) in [7, 11) is -0.535. The van der Waals surface area contributed by atoms with E-state index in [1.165, 1.54) is 0 Å². The molecule has 0 aliphatic carbocycles. The lowest BCUT2D eigenvalue weighted by atomic mass is 10.8. The van der Waals surface area contributed by atoms with Gasteiger partial charge >= 0.3 is 0 Å². The molecular formula is C3H6INOS. The first kappa shape index (κ1) is 5.97. The molecule has 0 radical (unpaired) electrons. The van der Waals surface area contributed by atoms with Crippen LogP contribution in [0.1, 0.15) is 0 Å². The minimum Gasteiger partial charge on any atom is -0.258 e. The third-order valence-corrected chi connectivity index (χ3v) is 3.37. The topological polar surface area (TPSA) is 20.3 Å². The standard InChI is InChI=1S/C3H6INOS/c4-5-1-2-7(6)3-5/h1-3H2. The third-order valence-electron chi connectivity index (χ3n) is 0.846. The van der Waals surface area contributed by atoms with Crippen LogP contribution in [0.25, 0.3) is 0 Å². The second kappa shape index (κ2) is 2.41. The van der Waals surface area contributed by atoms with Crippen LogP contribution >= 0.6 is 22.9 Å². The number of hydrogen-bond donors (Lipinski definition) is 0. The van der Waals surface area contributed by atoms with E-state index < -0.39 is 10.8 Å². The molecule has 0 aromatic rings. The maximum absolute atomic E-state index is 10.5. The van der Waals surface area contributed by atoms with Crippen molar-refractivity contribution in [1.29, 1.82) is 0 Å². The molecule has 1 aliphatic rings. The second-order valence-corrected chi connectivity index (χ2v) is 4.37. The van der Waals surface area contributed by atoms with Gasteiger partial charge in [0, 0.05) is 46.0 Å². The van der Waals surface area contributed by atoms with Crippen molar-refractivity contribution in [2.45, 2.75) is 0 Å². The molecule has 0 N–H and O–H groups in total. The van der Waals surface area contributed by atoms with E-state index in [4.69, 9.17) is 0 Å². The Hall–Kier alpha value is 0.840. The number of nitrogens with zero attached hydrogens (tertiary/aromatic N) is 1. The Morgan fingerprint density at radius 3 is 2.57 bits per heavy atom. The van der Waals surface area contributed by atoms with E-state index in [0.29, 0.717) is 0 Å². The Balaban J connectivity index is 2.40. The number of rotatable bonds is 0. The highest BCUT2D eigenvalue weighted by Gasteiger charge is 2.13. The zero-order valence-corrected chi connectivity index (χ0v) is 6.74. The first-order valence-corrected chi connectivity index (χ1v) is 4.50. The maximum Gasteiger partial charge on any atom is 0.0838 e. The van der Waals surface area contributed by atoms with Gasteiger partial charge in [0.05, 0.1) is 5.88 Å². The summed E-state index contributed by atoms with van der Waals surface area (Å²) in [5.41, 5.74) is 0. The molecule has 1 unspecified atom stereocenters. The van der Waals surface area contributed by atoms with Crippen LogP contribution in [0.4, 0.5) is 0 Å². The summed E-state index contributed by atoms with van der Waals surface area (Å²) in [5, 5.41) is 0. The minimum atomic E-state index is -0.535. The van der Waals surface area contributed by atoms with Crippen LogP contribution in [0.2, 0.25) is 0 Å². The van der Waals surface area contributed by atoms with Gasteiger partial charge in [-0.3, -0.25) is 4.21 Å². The highest BCUT2D eigenvalue weighted by atomic mass is 127. The van der Waals surface area contributed by atoms with Gasteiger partial charge in [0.1, 0.15) is 0 Å². The van der Waals surface area contributed by atoms with Gasteiger partial charge in [-0.05, 0) is 0 Å². The predicted octanol–water partition coefficient (Wildman–Crippen LogP) is 0.358. The van der Waals surface area contributed by atoms with Crippen molar-refractivity contribution in [3.63, 3.8) is 0 Å². The summed E-state index contributed by atoms with van der Waals surface area (Å²) < 4.78 is 12.6. The minimum absolute atomic E-state index is 0.535. The molecule has 2 nitrogen and oxygen atoms in total. The molecule has 0 bridgehead atoms. The average molecular weight is 231 g/mol. The van der Waals surface area contributed by atoms with E-state index in [1.54, 1.807) is 0 Å². The number of hydrogen-bond acceptors (Lipinski definition) is 2. The van der Waals surface area contributed by atoms with E-state index in [-0.39, 0.29) is 0 Å². The monoisotopic (exact) mass is 231 g/mol. The van der Waals surface area contributed by atoms with E-state index in [1.807, 2.05) is 3.11 Å². The molecule has 1 heterocycles. The SMILES string of the molecule is O=S1CCN(I)C1. The lowest BCUT2D eigenvalue weighted by molar-refractivity contribution is 0.653. The van der Waals surface area contributed by atoms with Crippen molar-refractivity contribution in [3.8, 4) is 0 Å². The smallest absolute Gasteiger partial charge is 0.0838 e. The lowest BCUT2D eigenvalue weighted by Crippen LogP contribution is -2.03. The summed E-state index contributed by atoms with van der Waals surface area (Å²) in [4.78, 5) is 0. The fraction of sp³-hybridized carbons (Fsp3) is 1.00. The molecule has 1 aliphatic heterocycles. The summed E-state index contributed by atoms with van der Waals surface area (Å²) in [6, 6.07) is 0. The molecule has 7 heavy (non-hydrogen) atoms. The molecule has 42 valence electrons. The molecular weight excluding hydrogens is 225 g/mol. The summed E-state index contributed by atoms with van der Waals surface area (Å²) >= 11 is 2.19. The fourth-order valence-electron chi connectivity index (χ4n) is 0.486. The van der Waals surface area contributed by atoms with Crippen LogP contribution in [0.15, 0.2) is 0 Å². The van der Waals surface area contributed by atoms with Crippen molar-refractivity contribution in [3.05, 3.63) is 0 Å². The highest BCUT2D eigenvalue weighted by Crippen LogP contribution is 2.06. The largest absolute Gasteiger partial charge is 0.258 e. The van der Waals surface area contributed by atoms with Crippen LogP contribution in [0, 0.1) is 0 Å². The normalized spacial score (nSPS) is 34.1. The van der Waals surface area contributed by atoms with Crippen molar-refractivity contribution in [2.24, 2.45) is 0 Å². The third kappa shape index (κ3) is 1.65. The van der Waals surface area contributed by atoms with Crippen molar-refractivity contribution >= 4 is 33.7 Å². The van der Waals surface area contributed by atoms with Gasteiger partial charge in [0.25, 0.3) is 0 Å². The molecule has 1 rings (SSSR count). The Morgan fingerprint density at radius 2 is 2.43 bits per heavy atom. The van der Waals surface area contributed by atoms with Gasteiger partial charge in [-0.25, -0.2) is 3.11 Å². The van der Waals surface area contributed by atoms with Gasteiger partial charge < -0.3 is 0 Å². The van der Waals surface area contributed by atoms with Gasteiger partial charge in [-0.2, -0.15) is 0 Å². The highest BCUT2D eigenvalue weighted by molar-refractivity contribution is 14.1. The molecule has 0 spiro atoms. The maximum atomic E-state index is 10.5. The second-order valence-electron chi connectivity index (χ2n) is 1.46. The zero-order valence-electron chi connectivity index (χ0n) is 3.76. The Morgan fingerprint density at radius 1 is 1.71 bits per heavy atom. The lowest BCUT2D eigenvalue weighted by Gasteiger charge is -1.95. The first-order valence-electron chi connectivity index (χ1n) is 2.05. The van der Waals surface area contributed by atoms with Gasteiger partial charge in [0.2, 0.25) is 0 Å². The molecule has 0 aromatic heterocycles. The predicted molar refractivity (Wildman–Crippen MR) is 38.6 cm³/mol. The molecule has 0 aromatic carbocycles. The van der Waals surface area contributed by atoms with Crippen LogP contribution in [-0.2, 0) is 10.8 Å². The van der Waals surface area contributed by atoms with Crippen molar-refractivity contribution in [1.82, 2.24) is 3.11 Å². The molecule has 1 atom stereocenters. The quantitative estimate of drug-likeness (QED) is 0.443. The average Bonchev–Trinajstić information content (AvgIpc) is 1.87.